The van der Waals surface area contributed by atoms with E-state index in [1.165, 1.54) is 11.3 Å². The van der Waals surface area contributed by atoms with Gasteiger partial charge in [-0.15, -0.1) is 0 Å². The Morgan fingerprint density at radius 3 is 2.36 bits per heavy atom. The van der Waals surface area contributed by atoms with Gasteiger partial charge in [0.15, 0.2) is 4.80 Å². The summed E-state index contributed by atoms with van der Waals surface area (Å²) in [6.07, 6.45) is 3.51. The number of allylic oxidation sites excluding steroid dienone is 1. The summed E-state index contributed by atoms with van der Waals surface area (Å²) < 4.78 is 24.6. The second-order valence-corrected chi connectivity index (χ2v) is 9.99. The molecule has 1 aliphatic heterocycles. The van der Waals surface area contributed by atoms with Crippen molar-refractivity contribution < 1.29 is 23.7 Å². The van der Waals surface area contributed by atoms with E-state index in [1.807, 2.05) is 68.5 Å². The molecule has 1 aromatic heterocycles. The Morgan fingerprint density at radius 1 is 0.974 bits per heavy atom. The fourth-order valence-corrected chi connectivity index (χ4v) is 5.34. The third kappa shape index (κ3) is 6.32. The van der Waals surface area contributed by atoms with Gasteiger partial charge in [-0.1, -0.05) is 61.6 Å². The van der Waals surface area contributed by atoms with Crippen molar-refractivity contribution in [2.24, 2.45) is 4.99 Å². The smallest absolute Gasteiger partial charge is 0.338 e. The molecule has 0 saturated heterocycles. The molecule has 2 heterocycles. The number of aromatic nitrogens is 1. The van der Waals surface area contributed by atoms with Crippen LogP contribution in [0.5, 0.6) is 11.5 Å². The van der Waals surface area contributed by atoms with Crippen LogP contribution in [0, 0.1) is 0 Å². The van der Waals surface area contributed by atoms with E-state index in [0.717, 1.165) is 18.4 Å². The van der Waals surface area contributed by atoms with Crippen LogP contribution in [0.1, 0.15) is 50.8 Å². The average molecular weight is 551 g/mol. The number of hydrogen-bond donors (Lipinski definition) is 0. The molecule has 1 atom stereocenters. The molecule has 0 bridgehead atoms. The number of carbonyl (C=O) groups excluding carboxylic acids is 1. The predicted molar refractivity (Wildman–Crippen MR) is 151 cm³/mol. The largest absolute Gasteiger partial charge is 0.493 e. The van der Waals surface area contributed by atoms with Gasteiger partial charge in [0.25, 0.3) is 5.56 Å². The number of ether oxygens (including phenoxy) is 4. The maximum Gasteiger partial charge on any atom is 0.338 e. The van der Waals surface area contributed by atoms with E-state index < -0.39 is 12.0 Å². The van der Waals surface area contributed by atoms with Crippen LogP contribution in [0.4, 0.5) is 0 Å². The van der Waals surface area contributed by atoms with Gasteiger partial charge in [0.05, 0.1) is 35.6 Å². The topological polar surface area (TPSA) is 88.4 Å². The van der Waals surface area contributed by atoms with Gasteiger partial charge in [0.1, 0.15) is 24.1 Å². The molecule has 0 fully saturated rings. The molecule has 4 rings (SSSR count). The molecule has 9 heteroatoms. The van der Waals surface area contributed by atoms with Crippen molar-refractivity contribution in [1.82, 2.24) is 4.57 Å². The van der Waals surface area contributed by atoms with E-state index in [9.17, 15) is 9.59 Å². The molecule has 39 heavy (non-hydrogen) atoms. The first-order valence-corrected chi connectivity index (χ1v) is 13.9. The van der Waals surface area contributed by atoms with Crippen LogP contribution < -0.4 is 24.4 Å². The standard InChI is InChI=1S/C30H34N2O6S/c1-5-15-36-23-13-9-7-11-21(23)19-25-28(33)32-27(22-12-8-10-14-24(22)37-16-6-2)26(20(3)31-30(32)39-25)29(34)38-18-17-35-4/h7-14,19,27H,5-6,15-18H2,1-4H3/b25-19+/t27-/m1/s1. The van der Waals surface area contributed by atoms with Crippen LogP contribution in [0.2, 0.25) is 0 Å². The lowest BCUT2D eigenvalue weighted by atomic mass is 9.95. The van der Waals surface area contributed by atoms with Gasteiger partial charge in [-0.2, -0.15) is 0 Å². The minimum Gasteiger partial charge on any atom is -0.493 e. The summed E-state index contributed by atoms with van der Waals surface area (Å²) in [5.74, 6) is 0.768. The van der Waals surface area contributed by atoms with E-state index in [2.05, 4.69) is 4.99 Å². The van der Waals surface area contributed by atoms with E-state index >= 15 is 0 Å². The van der Waals surface area contributed by atoms with Gasteiger partial charge in [0.2, 0.25) is 0 Å². The van der Waals surface area contributed by atoms with Crippen LogP contribution in [0.15, 0.2) is 69.6 Å². The van der Waals surface area contributed by atoms with Crippen molar-refractivity contribution in [3.05, 3.63) is 90.6 Å². The van der Waals surface area contributed by atoms with Crippen LogP contribution in [-0.2, 0) is 14.3 Å². The predicted octanol–water partition coefficient (Wildman–Crippen LogP) is 4.00. The Balaban J connectivity index is 1.90. The number of esters is 1. The lowest BCUT2D eigenvalue weighted by Gasteiger charge is -2.26. The minimum atomic E-state index is -0.766. The Morgan fingerprint density at radius 2 is 1.64 bits per heavy atom. The molecule has 3 aromatic rings. The van der Waals surface area contributed by atoms with Crippen molar-refractivity contribution in [3.63, 3.8) is 0 Å². The lowest BCUT2D eigenvalue weighted by Crippen LogP contribution is -2.40. The van der Waals surface area contributed by atoms with Crippen LogP contribution in [0.3, 0.4) is 0 Å². The van der Waals surface area contributed by atoms with Gasteiger partial charge in [-0.25, -0.2) is 9.79 Å². The molecule has 0 radical (unpaired) electrons. The van der Waals surface area contributed by atoms with Gasteiger partial charge < -0.3 is 18.9 Å². The summed E-state index contributed by atoms with van der Waals surface area (Å²) in [4.78, 5) is 32.6. The molecular formula is C30H34N2O6S. The molecule has 0 N–H and O–H groups in total. The summed E-state index contributed by atoms with van der Waals surface area (Å²) in [7, 11) is 1.54. The molecule has 1 aliphatic rings. The molecule has 0 aliphatic carbocycles. The highest BCUT2D eigenvalue weighted by molar-refractivity contribution is 7.07. The van der Waals surface area contributed by atoms with Crippen molar-refractivity contribution in [3.8, 4) is 11.5 Å². The highest BCUT2D eigenvalue weighted by Gasteiger charge is 2.35. The fourth-order valence-electron chi connectivity index (χ4n) is 4.31. The monoisotopic (exact) mass is 550 g/mol. The second-order valence-electron chi connectivity index (χ2n) is 8.98. The zero-order valence-corrected chi connectivity index (χ0v) is 23.6. The van der Waals surface area contributed by atoms with E-state index in [4.69, 9.17) is 18.9 Å². The third-order valence-corrected chi connectivity index (χ3v) is 7.09. The van der Waals surface area contributed by atoms with Crippen LogP contribution in [0.25, 0.3) is 6.08 Å². The first kappa shape index (κ1) is 28.3. The first-order chi connectivity index (χ1) is 19.0. The first-order valence-electron chi connectivity index (χ1n) is 13.1. The van der Waals surface area contributed by atoms with E-state index in [1.54, 1.807) is 18.6 Å². The average Bonchev–Trinajstić information content (AvgIpc) is 3.24. The molecular weight excluding hydrogens is 516 g/mol. The molecule has 0 amide bonds. The summed E-state index contributed by atoms with van der Waals surface area (Å²) in [6, 6.07) is 14.3. The number of hydrogen-bond acceptors (Lipinski definition) is 8. The zero-order chi connectivity index (χ0) is 27.8. The maximum absolute atomic E-state index is 14.0. The van der Waals surface area contributed by atoms with Crippen molar-refractivity contribution in [1.29, 1.82) is 0 Å². The van der Waals surface area contributed by atoms with Gasteiger partial charge >= 0.3 is 5.97 Å². The molecule has 206 valence electrons. The molecule has 0 spiro atoms. The van der Waals surface area contributed by atoms with Gasteiger partial charge in [0, 0.05) is 18.2 Å². The molecule has 2 aromatic carbocycles. The number of carbonyl (C=O) groups is 1. The molecule has 0 saturated carbocycles. The fraction of sp³-hybridized carbons (Fsp3) is 0.367. The quantitative estimate of drug-likeness (QED) is 0.250. The molecule has 0 unspecified atom stereocenters. The van der Waals surface area contributed by atoms with Crippen LogP contribution in [-0.4, -0.2) is 44.1 Å². The van der Waals surface area contributed by atoms with E-state index in [0.29, 0.717) is 50.9 Å². The lowest BCUT2D eigenvalue weighted by molar-refractivity contribution is -0.140. The summed E-state index contributed by atoms with van der Waals surface area (Å²) in [6.45, 7) is 7.27. The Kier molecular flexibility index (Phi) is 9.73. The summed E-state index contributed by atoms with van der Waals surface area (Å²) in [5, 5.41) is 0. The maximum atomic E-state index is 14.0. The van der Waals surface area contributed by atoms with Gasteiger partial charge in [-0.05, 0) is 38.0 Å². The number of nitrogens with zero attached hydrogens (tertiary/aromatic N) is 2. The Labute approximate surface area is 231 Å². The second kappa shape index (κ2) is 13.4. The SMILES string of the molecule is CCCOc1ccccc1/C=c1/sc2n(c1=O)[C@H](c1ccccc1OCCC)C(C(=O)OCCOC)=C(C)N=2. The Hall–Kier alpha value is -3.69. The summed E-state index contributed by atoms with van der Waals surface area (Å²) in [5.41, 5.74) is 2.03. The van der Waals surface area contributed by atoms with E-state index in [-0.39, 0.29) is 18.8 Å². The number of methoxy groups -OCH3 is 1. The number of para-hydroxylation sites is 2. The van der Waals surface area contributed by atoms with Crippen LogP contribution >= 0.6 is 11.3 Å². The number of rotatable bonds is 12. The van der Waals surface area contributed by atoms with Gasteiger partial charge in [-0.3, -0.25) is 9.36 Å². The van der Waals surface area contributed by atoms with Crippen molar-refractivity contribution >= 4 is 23.4 Å². The highest BCUT2D eigenvalue weighted by Crippen LogP contribution is 2.36. The minimum absolute atomic E-state index is 0.0891. The van der Waals surface area contributed by atoms with Crippen molar-refractivity contribution in [2.45, 2.75) is 39.7 Å². The third-order valence-electron chi connectivity index (χ3n) is 6.10. The molecule has 8 nitrogen and oxygen atoms in total. The Bertz CT molecular complexity index is 1520. The summed E-state index contributed by atoms with van der Waals surface area (Å²) >= 11 is 1.28. The number of benzene rings is 2. The van der Waals surface area contributed by atoms with Crippen molar-refractivity contribution in [2.75, 3.05) is 33.5 Å². The number of thiazole rings is 1. The normalized spacial score (nSPS) is 15.1. The zero-order valence-electron chi connectivity index (χ0n) is 22.8. The number of fused-ring (bicyclic) bond motifs is 1. The highest BCUT2D eigenvalue weighted by atomic mass is 32.1.